The first-order chi connectivity index (χ1) is 10.7. The molecule has 1 aromatic heterocycles. The Morgan fingerprint density at radius 2 is 2.14 bits per heavy atom. The average Bonchev–Trinajstić information content (AvgIpc) is 3.00. The summed E-state index contributed by atoms with van der Waals surface area (Å²) >= 11 is 0. The molecule has 22 heavy (non-hydrogen) atoms. The van der Waals surface area contributed by atoms with E-state index in [1.165, 1.54) is 6.33 Å². The second-order valence-electron chi connectivity index (χ2n) is 5.32. The second-order valence-corrected chi connectivity index (χ2v) is 5.32. The average molecular weight is 302 g/mol. The van der Waals surface area contributed by atoms with Crippen LogP contribution in [0, 0.1) is 0 Å². The molecule has 0 aliphatic carbocycles. The number of aromatic amines is 1. The van der Waals surface area contributed by atoms with Crippen LogP contribution in [0.1, 0.15) is 29.2 Å². The predicted molar refractivity (Wildman–Crippen MR) is 80.0 cm³/mol. The van der Waals surface area contributed by atoms with E-state index in [0.29, 0.717) is 24.4 Å². The smallest absolute Gasteiger partial charge is 0.343 e. The number of aromatic nitrogens is 3. The van der Waals surface area contributed by atoms with Crippen molar-refractivity contribution in [2.45, 2.75) is 18.9 Å². The van der Waals surface area contributed by atoms with Crippen LogP contribution in [0.25, 0.3) is 0 Å². The molecule has 7 nitrogen and oxygen atoms in total. The zero-order valence-corrected chi connectivity index (χ0v) is 12.4. The lowest BCUT2D eigenvalue weighted by Gasteiger charge is -2.32. The second kappa shape index (κ2) is 6.05. The molecule has 7 heteroatoms. The van der Waals surface area contributed by atoms with Crippen molar-refractivity contribution in [1.82, 2.24) is 19.7 Å². The zero-order valence-electron chi connectivity index (χ0n) is 12.4. The highest BCUT2D eigenvalue weighted by molar-refractivity contribution is 5.94. The molecule has 0 unspecified atom stereocenters. The van der Waals surface area contributed by atoms with Crippen LogP contribution < -0.4 is 10.4 Å². The van der Waals surface area contributed by atoms with E-state index in [9.17, 15) is 9.59 Å². The Kier molecular flexibility index (Phi) is 3.95. The quantitative estimate of drug-likeness (QED) is 0.919. The summed E-state index contributed by atoms with van der Waals surface area (Å²) in [6.45, 7) is 1.25. The number of carbonyl (C=O) groups is 1. The molecule has 0 spiro atoms. The molecule has 1 saturated heterocycles. The van der Waals surface area contributed by atoms with Gasteiger partial charge in [0.15, 0.2) is 0 Å². The highest BCUT2D eigenvalue weighted by Crippen LogP contribution is 2.23. The summed E-state index contributed by atoms with van der Waals surface area (Å²) in [6, 6.07) is 7.26. The van der Waals surface area contributed by atoms with Crippen molar-refractivity contribution in [3.8, 4) is 5.75 Å². The first kappa shape index (κ1) is 14.4. The molecular formula is C15H18N4O3. The number of carbonyl (C=O) groups excluding carboxylic acids is 1. The highest BCUT2D eigenvalue weighted by atomic mass is 16.5. The van der Waals surface area contributed by atoms with Gasteiger partial charge in [-0.1, -0.05) is 6.07 Å². The number of benzene rings is 1. The Labute approximate surface area is 127 Å². The van der Waals surface area contributed by atoms with E-state index in [0.717, 1.165) is 12.8 Å². The summed E-state index contributed by atoms with van der Waals surface area (Å²) in [5, 5.41) is 6.15. The van der Waals surface area contributed by atoms with Crippen molar-refractivity contribution >= 4 is 5.91 Å². The standard InChI is InChI=1S/C15H18N4O3/c1-22-13-4-2-3-11(9-13)14(20)18-7-5-12(6-8-18)19-10-16-17-15(19)21/h2-4,9-10,12H,5-8H2,1H3,(H,17,21). The van der Waals surface area contributed by atoms with Crippen molar-refractivity contribution in [1.29, 1.82) is 0 Å². The van der Waals surface area contributed by atoms with Crippen LogP contribution >= 0.6 is 0 Å². The van der Waals surface area contributed by atoms with E-state index < -0.39 is 0 Å². The van der Waals surface area contributed by atoms with E-state index in [2.05, 4.69) is 10.2 Å². The number of rotatable bonds is 3. The van der Waals surface area contributed by atoms with Crippen LogP contribution in [0.15, 0.2) is 35.4 Å². The van der Waals surface area contributed by atoms with Crippen LogP contribution in [0.5, 0.6) is 5.75 Å². The molecule has 1 aromatic carbocycles. The number of hydrogen-bond donors (Lipinski definition) is 1. The summed E-state index contributed by atoms with van der Waals surface area (Å²) in [4.78, 5) is 25.9. The molecular weight excluding hydrogens is 284 g/mol. The molecule has 1 aliphatic rings. The Bertz CT molecular complexity index is 713. The lowest BCUT2D eigenvalue weighted by Crippen LogP contribution is -2.40. The molecule has 1 aliphatic heterocycles. The summed E-state index contributed by atoms with van der Waals surface area (Å²) < 4.78 is 6.76. The fourth-order valence-corrected chi connectivity index (χ4v) is 2.80. The lowest BCUT2D eigenvalue weighted by atomic mass is 10.0. The first-order valence-corrected chi connectivity index (χ1v) is 7.24. The molecule has 116 valence electrons. The lowest BCUT2D eigenvalue weighted by molar-refractivity contribution is 0.0693. The van der Waals surface area contributed by atoms with Crippen molar-refractivity contribution < 1.29 is 9.53 Å². The molecule has 0 radical (unpaired) electrons. The van der Waals surface area contributed by atoms with Crippen molar-refractivity contribution in [2.75, 3.05) is 20.2 Å². The van der Waals surface area contributed by atoms with Crippen LogP contribution in [-0.4, -0.2) is 45.8 Å². The minimum atomic E-state index is -0.197. The van der Waals surface area contributed by atoms with Crippen LogP contribution in [0.4, 0.5) is 0 Å². The largest absolute Gasteiger partial charge is 0.497 e. The third kappa shape index (κ3) is 2.74. The zero-order chi connectivity index (χ0) is 15.5. The van der Waals surface area contributed by atoms with Gasteiger partial charge in [0.05, 0.1) is 7.11 Å². The molecule has 3 rings (SSSR count). The number of amides is 1. The number of piperidine rings is 1. The minimum Gasteiger partial charge on any atom is -0.497 e. The molecule has 0 atom stereocenters. The SMILES string of the molecule is COc1cccc(C(=O)N2CCC(n3cn[nH]c3=O)CC2)c1. The van der Waals surface area contributed by atoms with Gasteiger partial charge in [0.25, 0.3) is 5.91 Å². The number of hydrogen-bond acceptors (Lipinski definition) is 4. The van der Waals surface area contributed by atoms with Crippen LogP contribution in [0.2, 0.25) is 0 Å². The number of methoxy groups -OCH3 is 1. The van der Waals surface area contributed by atoms with E-state index in [-0.39, 0.29) is 17.6 Å². The van der Waals surface area contributed by atoms with Gasteiger partial charge < -0.3 is 9.64 Å². The summed E-state index contributed by atoms with van der Waals surface area (Å²) in [5.74, 6) is 0.669. The van der Waals surface area contributed by atoms with E-state index in [1.54, 1.807) is 23.8 Å². The molecule has 2 aromatic rings. The van der Waals surface area contributed by atoms with Crippen molar-refractivity contribution in [3.05, 3.63) is 46.6 Å². The monoisotopic (exact) mass is 302 g/mol. The summed E-state index contributed by atoms with van der Waals surface area (Å²) in [6.07, 6.45) is 3.01. The van der Waals surface area contributed by atoms with Gasteiger partial charge in [-0.25, -0.2) is 9.89 Å². The van der Waals surface area contributed by atoms with Crippen LogP contribution in [-0.2, 0) is 0 Å². The number of H-pyrrole nitrogens is 1. The van der Waals surface area contributed by atoms with Gasteiger partial charge >= 0.3 is 5.69 Å². The molecule has 0 saturated carbocycles. The van der Waals surface area contributed by atoms with Crippen molar-refractivity contribution in [2.24, 2.45) is 0 Å². The Morgan fingerprint density at radius 3 is 2.77 bits per heavy atom. The maximum atomic E-state index is 12.5. The Balaban J connectivity index is 1.67. The fraction of sp³-hybridized carbons (Fsp3) is 0.400. The summed E-state index contributed by atoms with van der Waals surface area (Å²) in [7, 11) is 1.58. The van der Waals surface area contributed by atoms with Crippen molar-refractivity contribution in [3.63, 3.8) is 0 Å². The van der Waals surface area contributed by atoms with Gasteiger partial charge in [0.1, 0.15) is 12.1 Å². The molecule has 1 fully saturated rings. The van der Waals surface area contributed by atoms with E-state index >= 15 is 0 Å². The highest BCUT2D eigenvalue weighted by Gasteiger charge is 2.25. The van der Waals surface area contributed by atoms with Gasteiger partial charge in [-0.15, -0.1) is 0 Å². The van der Waals surface area contributed by atoms with Gasteiger partial charge in [-0.05, 0) is 31.0 Å². The maximum Gasteiger partial charge on any atom is 0.343 e. The number of likely N-dealkylation sites (tertiary alicyclic amines) is 1. The normalized spacial score (nSPS) is 15.8. The molecule has 0 bridgehead atoms. The maximum absolute atomic E-state index is 12.5. The van der Waals surface area contributed by atoms with Gasteiger partial charge in [-0.3, -0.25) is 9.36 Å². The van der Waals surface area contributed by atoms with Gasteiger partial charge in [0, 0.05) is 24.7 Å². The number of nitrogens with one attached hydrogen (secondary N) is 1. The Hall–Kier alpha value is -2.57. The Morgan fingerprint density at radius 1 is 1.36 bits per heavy atom. The molecule has 1 N–H and O–H groups in total. The fourth-order valence-electron chi connectivity index (χ4n) is 2.80. The summed E-state index contributed by atoms with van der Waals surface area (Å²) in [5.41, 5.74) is 0.427. The van der Waals surface area contributed by atoms with Crippen LogP contribution in [0.3, 0.4) is 0 Å². The van der Waals surface area contributed by atoms with Gasteiger partial charge in [-0.2, -0.15) is 5.10 Å². The minimum absolute atomic E-state index is 0.00288. The third-order valence-electron chi connectivity index (χ3n) is 4.04. The molecule has 1 amide bonds. The van der Waals surface area contributed by atoms with Gasteiger partial charge in [0.2, 0.25) is 0 Å². The third-order valence-corrected chi connectivity index (χ3v) is 4.04. The number of ether oxygens (including phenoxy) is 1. The van der Waals surface area contributed by atoms with E-state index in [4.69, 9.17) is 4.74 Å². The predicted octanol–water partition coefficient (Wildman–Crippen LogP) is 1.06. The molecule has 2 heterocycles. The number of nitrogens with zero attached hydrogens (tertiary/aromatic N) is 3. The van der Waals surface area contributed by atoms with E-state index in [1.807, 2.05) is 17.0 Å². The first-order valence-electron chi connectivity index (χ1n) is 7.24. The topological polar surface area (TPSA) is 80.2 Å².